The minimum Gasteiger partial charge on any atom is -0.492 e. The van der Waals surface area contributed by atoms with Gasteiger partial charge in [0.25, 0.3) is 0 Å². The van der Waals surface area contributed by atoms with Gasteiger partial charge in [-0.3, -0.25) is 4.79 Å². The van der Waals surface area contributed by atoms with Crippen LogP contribution >= 0.6 is 11.8 Å². The molecular weight excluding hydrogens is 210 g/mol. The second-order valence-corrected chi connectivity index (χ2v) is 4.35. The average Bonchev–Trinajstić information content (AvgIpc) is 2.40. The number of benzene rings is 1. The van der Waals surface area contributed by atoms with Crippen molar-refractivity contribution in [1.82, 2.24) is 0 Å². The number of hydrogen-bond acceptors (Lipinski definition) is 3. The molecule has 0 bridgehead atoms. The van der Waals surface area contributed by atoms with Crippen molar-refractivity contribution >= 4 is 23.4 Å². The molecule has 3 nitrogen and oxygen atoms in total. The van der Waals surface area contributed by atoms with E-state index < -0.39 is 0 Å². The highest BCUT2D eigenvalue weighted by atomic mass is 32.2. The van der Waals surface area contributed by atoms with Crippen molar-refractivity contribution in [1.29, 1.82) is 0 Å². The summed E-state index contributed by atoms with van der Waals surface area (Å²) in [6.07, 6.45) is 0.560. The predicted molar refractivity (Wildman–Crippen MR) is 61.6 cm³/mol. The number of hydrogen-bond donors (Lipinski definition) is 1. The van der Waals surface area contributed by atoms with E-state index in [1.54, 1.807) is 11.8 Å². The van der Waals surface area contributed by atoms with Gasteiger partial charge in [-0.25, -0.2) is 0 Å². The maximum absolute atomic E-state index is 11.4. The molecule has 1 aromatic rings. The van der Waals surface area contributed by atoms with Gasteiger partial charge in [0.15, 0.2) is 0 Å². The lowest BCUT2D eigenvalue weighted by Crippen LogP contribution is -2.11. The highest BCUT2D eigenvalue weighted by Gasteiger charge is 2.16. The zero-order valence-corrected chi connectivity index (χ0v) is 9.39. The summed E-state index contributed by atoms with van der Waals surface area (Å²) in [5.41, 5.74) is 0.826. The Hall–Kier alpha value is -1.16. The van der Waals surface area contributed by atoms with Crippen LogP contribution in [-0.2, 0) is 4.79 Å². The van der Waals surface area contributed by atoms with Crippen molar-refractivity contribution in [2.24, 2.45) is 0 Å². The summed E-state index contributed by atoms with van der Waals surface area (Å²) in [5, 5.41) is 2.89. The fraction of sp³-hybridized carbons (Fsp3) is 0.364. The number of fused-ring (bicyclic) bond motifs is 1. The molecule has 0 fully saturated rings. The van der Waals surface area contributed by atoms with E-state index in [4.69, 9.17) is 4.74 Å². The van der Waals surface area contributed by atoms with Crippen LogP contribution in [0.2, 0.25) is 0 Å². The van der Waals surface area contributed by atoms with Crippen molar-refractivity contribution in [3.8, 4) is 5.75 Å². The van der Waals surface area contributed by atoms with Gasteiger partial charge in [0, 0.05) is 17.1 Å². The zero-order valence-electron chi connectivity index (χ0n) is 8.58. The first kappa shape index (κ1) is 10.4. The maximum atomic E-state index is 11.4. The summed E-state index contributed by atoms with van der Waals surface area (Å²) in [6, 6.07) is 5.84. The molecular formula is C11H13NO2S. The molecule has 0 saturated carbocycles. The third-order valence-corrected chi connectivity index (χ3v) is 3.20. The smallest absolute Gasteiger partial charge is 0.225 e. The number of ether oxygens (including phenoxy) is 1. The van der Waals surface area contributed by atoms with Crippen molar-refractivity contribution in [2.45, 2.75) is 18.2 Å². The number of anilines is 1. The topological polar surface area (TPSA) is 38.3 Å². The molecule has 1 N–H and O–H groups in total. The molecule has 0 spiro atoms. The van der Waals surface area contributed by atoms with Gasteiger partial charge in [0.05, 0.1) is 12.3 Å². The Morgan fingerprint density at radius 2 is 2.40 bits per heavy atom. The number of nitrogens with one attached hydrogen (secondary N) is 1. The van der Waals surface area contributed by atoms with Crippen molar-refractivity contribution in [3.63, 3.8) is 0 Å². The molecule has 0 aliphatic carbocycles. The fourth-order valence-corrected chi connectivity index (χ4v) is 2.46. The molecule has 15 heavy (non-hydrogen) atoms. The van der Waals surface area contributed by atoms with E-state index in [2.05, 4.69) is 5.32 Å². The molecule has 80 valence electrons. The number of para-hydroxylation sites is 1. The second-order valence-electron chi connectivity index (χ2n) is 3.21. The standard InChI is InChI=1S/C11H13NO2S/c1-2-14-8-4-3-5-9-11(8)12-10(13)6-7-15-9/h3-5H,2,6-7H2,1H3,(H,12,13). The van der Waals surface area contributed by atoms with E-state index in [1.165, 1.54) is 0 Å². The van der Waals surface area contributed by atoms with Gasteiger partial charge in [0.1, 0.15) is 5.75 Å². The first-order chi connectivity index (χ1) is 7.31. The number of carbonyl (C=O) groups excluding carboxylic acids is 1. The first-order valence-corrected chi connectivity index (χ1v) is 5.98. The molecule has 0 radical (unpaired) electrons. The van der Waals surface area contributed by atoms with Crippen LogP contribution in [0.25, 0.3) is 0 Å². The Kier molecular flexibility index (Phi) is 3.16. The van der Waals surface area contributed by atoms with Gasteiger partial charge >= 0.3 is 0 Å². The summed E-state index contributed by atoms with van der Waals surface area (Å²) in [6.45, 7) is 2.54. The van der Waals surface area contributed by atoms with Crippen molar-refractivity contribution in [3.05, 3.63) is 18.2 Å². The first-order valence-electron chi connectivity index (χ1n) is 4.99. The maximum Gasteiger partial charge on any atom is 0.225 e. The molecule has 1 amide bonds. The van der Waals surface area contributed by atoms with Crippen LogP contribution in [0.15, 0.2) is 23.1 Å². The van der Waals surface area contributed by atoms with Gasteiger partial charge in [0.2, 0.25) is 5.91 Å². The summed E-state index contributed by atoms with van der Waals surface area (Å²) in [4.78, 5) is 12.5. The third kappa shape index (κ3) is 2.26. The minimum absolute atomic E-state index is 0.0633. The molecule has 1 aliphatic heterocycles. The van der Waals surface area contributed by atoms with E-state index in [9.17, 15) is 4.79 Å². The van der Waals surface area contributed by atoms with Gasteiger partial charge in [-0.05, 0) is 19.1 Å². The summed E-state index contributed by atoms with van der Waals surface area (Å²) >= 11 is 1.69. The molecule has 0 saturated heterocycles. The number of carbonyl (C=O) groups is 1. The summed E-state index contributed by atoms with van der Waals surface area (Å²) in [7, 11) is 0. The molecule has 2 rings (SSSR count). The van der Waals surface area contributed by atoms with Gasteiger partial charge < -0.3 is 10.1 Å². The van der Waals surface area contributed by atoms with Crippen LogP contribution in [-0.4, -0.2) is 18.3 Å². The molecule has 0 unspecified atom stereocenters. The van der Waals surface area contributed by atoms with E-state index in [1.807, 2.05) is 25.1 Å². The van der Waals surface area contributed by atoms with Crippen LogP contribution in [0.1, 0.15) is 13.3 Å². The Morgan fingerprint density at radius 1 is 1.53 bits per heavy atom. The molecule has 1 heterocycles. The Labute approximate surface area is 93.2 Å². The average molecular weight is 223 g/mol. The Balaban J connectivity index is 2.38. The molecule has 0 aromatic heterocycles. The largest absolute Gasteiger partial charge is 0.492 e. The zero-order chi connectivity index (χ0) is 10.7. The minimum atomic E-state index is 0.0633. The number of thioether (sulfide) groups is 1. The lowest BCUT2D eigenvalue weighted by atomic mass is 10.3. The lowest BCUT2D eigenvalue weighted by molar-refractivity contribution is -0.115. The molecule has 0 atom stereocenters. The van der Waals surface area contributed by atoms with Crippen LogP contribution in [0.3, 0.4) is 0 Å². The van der Waals surface area contributed by atoms with Crippen LogP contribution in [0, 0.1) is 0 Å². The van der Waals surface area contributed by atoms with Crippen LogP contribution in [0.5, 0.6) is 5.75 Å². The van der Waals surface area contributed by atoms with Gasteiger partial charge in [-0.1, -0.05) is 6.07 Å². The van der Waals surface area contributed by atoms with Crippen molar-refractivity contribution < 1.29 is 9.53 Å². The van der Waals surface area contributed by atoms with E-state index >= 15 is 0 Å². The normalized spacial score (nSPS) is 15.1. The Morgan fingerprint density at radius 3 is 3.20 bits per heavy atom. The second kappa shape index (κ2) is 4.57. The van der Waals surface area contributed by atoms with Crippen LogP contribution in [0.4, 0.5) is 5.69 Å². The van der Waals surface area contributed by atoms with E-state index in [0.29, 0.717) is 13.0 Å². The van der Waals surface area contributed by atoms with E-state index in [-0.39, 0.29) is 5.91 Å². The lowest BCUT2D eigenvalue weighted by Gasteiger charge is -2.12. The molecule has 1 aliphatic rings. The van der Waals surface area contributed by atoms with Gasteiger partial charge in [-0.15, -0.1) is 11.8 Å². The SMILES string of the molecule is CCOc1cccc2c1NC(=O)CCS2. The van der Waals surface area contributed by atoms with Crippen LogP contribution < -0.4 is 10.1 Å². The monoisotopic (exact) mass is 223 g/mol. The molecule has 4 heteroatoms. The quantitative estimate of drug-likeness (QED) is 0.837. The summed E-state index contributed by atoms with van der Waals surface area (Å²) in [5.74, 6) is 1.65. The Bertz CT molecular complexity index is 379. The third-order valence-electron chi connectivity index (χ3n) is 2.14. The predicted octanol–water partition coefficient (Wildman–Crippen LogP) is 2.52. The van der Waals surface area contributed by atoms with E-state index in [0.717, 1.165) is 22.1 Å². The highest BCUT2D eigenvalue weighted by molar-refractivity contribution is 7.99. The highest BCUT2D eigenvalue weighted by Crippen LogP contribution is 2.37. The molecule has 1 aromatic carbocycles. The number of rotatable bonds is 2. The number of amides is 1. The van der Waals surface area contributed by atoms with Gasteiger partial charge in [-0.2, -0.15) is 0 Å². The fourth-order valence-electron chi connectivity index (χ4n) is 1.49. The van der Waals surface area contributed by atoms with Crippen molar-refractivity contribution in [2.75, 3.05) is 17.7 Å². The summed E-state index contributed by atoms with van der Waals surface area (Å²) < 4.78 is 5.48.